The number of sulfonamides is 1. The van der Waals surface area contributed by atoms with Gasteiger partial charge in [0, 0.05) is 11.6 Å². The molecule has 1 amide bonds. The number of nitrogens with zero attached hydrogens (tertiary/aromatic N) is 3. The normalized spacial score (nSPS) is 13.7. The summed E-state index contributed by atoms with van der Waals surface area (Å²) in [5, 5.41) is 13.8. The molecule has 2 rings (SSSR count). The van der Waals surface area contributed by atoms with Gasteiger partial charge < -0.3 is 5.32 Å². The number of amides is 1. The Labute approximate surface area is 157 Å². The molecule has 1 aromatic heterocycles. The summed E-state index contributed by atoms with van der Waals surface area (Å²) in [6.45, 7) is 4.76. The maximum Gasteiger partial charge on any atom is 0.266 e. The van der Waals surface area contributed by atoms with Gasteiger partial charge in [-0.3, -0.25) is 4.79 Å². The molecule has 0 spiro atoms. The van der Waals surface area contributed by atoms with Crippen LogP contribution in [-0.2, 0) is 14.8 Å². The van der Waals surface area contributed by atoms with Gasteiger partial charge in [-0.05, 0) is 25.0 Å². The van der Waals surface area contributed by atoms with E-state index in [0.29, 0.717) is 0 Å². The van der Waals surface area contributed by atoms with E-state index < -0.39 is 28.0 Å². The molecule has 1 atom stereocenters. The summed E-state index contributed by atoms with van der Waals surface area (Å²) in [5.74, 6) is -0.715. The highest BCUT2D eigenvalue weighted by molar-refractivity contribution is 7.93. The predicted molar refractivity (Wildman–Crippen MR) is 100 cm³/mol. The molecule has 1 aromatic carbocycles. The number of hydrogen-bond acceptors (Lipinski definition) is 6. The number of carbonyl (C=O) groups excluding carboxylic acids is 1. The number of nitrogens with one attached hydrogen (secondary N) is 1. The Hall–Kier alpha value is -2.44. The van der Waals surface area contributed by atoms with Crippen molar-refractivity contribution in [1.29, 1.82) is 5.26 Å². The van der Waals surface area contributed by atoms with E-state index in [0.717, 1.165) is 15.6 Å². The predicted octanol–water partition coefficient (Wildman–Crippen LogP) is 2.39. The molecule has 0 aliphatic rings. The molecule has 7 nitrogen and oxygen atoms in total. The van der Waals surface area contributed by atoms with Crippen LogP contribution in [0.5, 0.6) is 0 Å². The fourth-order valence-electron chi connectivity index (χ4n) is 2.08. The highest BCUT2D eigenvalue weighted by atomic mass is 32.2. The molecule has 1 N–H and O–H groups in total. The van der Waals surface area contributed by atoms with E-state index in [-0.39, 0.29) is 15.9 Å². The van der Waals surface area contributed by atoms with Crippen LogP contribution in [0, 0.1) is 17.2 Å². The summed E-state index contributed by atoms with van der Waals surface area (Å²) in [6.07, 6.45) is 1.47. The Kier molecular flexibility index (Phi) is 6.00. The first kappa shape index (κ1) is 19.9. The summed E-state index contributed by atoms with van der Waals surface area (Å²) in [4.78, 5) is 16.6. The summed E-state index contributed by atoms with van der Waals surface area (Å²) in [6, 6.07) is 9.92. The van der Waals surface area contributed by atoms with E-state index in [2.05, 4.69) is 16.4 Å². The van der Waals surface area contributed by atoms with Gasteiger partial charge in [-0.2, -0.15) is 5.26 Å². The smallest absolute Gasteiger partial charge is 0.266 e. The third kappa shape index (κ3) is 4.20. The maximum atomic E-state index is 13.0. The molecule has 0 fully saturated rings. The molecule has 0 bridgehead atoms. The molecule has 0 aliphatic heterocycles. The SMILES string of the molecule is CC(C)C(C)(C#N)NC(=O)CN(c1nccs1)S(=O)(=O)c1ccccc1. The number of anilines is 1. The molecular weight excluding hydrogens is 372 g/mol. The fourth-order valence-corrected chi connectivity index (χ4v) is 4.34. The van der Waals surface area contributed by atoms with Gasteiger partial charge in [0.2, 0.25) is 5.91 Å². The number of aromatic nitrogens is 1. The van der Waals surface area contributed by atoms with E-state index in [9.17, 15) is 18.5 Å². The van der Waals surface area contributed by atoms with Crippen molar-refractivity contribution in [3.63, 3.8) is 0 Å². The lowest BCUT2D eigenvalue weighted by molar-refractivity contribution is -0.121. The monoisotopic (exact) mass is 392 g/mol. The van der Waals surface area contributed by atoms with E-state index in [1.807, 2.05) is 13.8 Å². The molecule has 138 valence electrons. The molecule has 26 heavy (non-hydrogen) atoms. The topological polar surface area (TPSA) is 103 Å². The van der Waals surface area contributed by atoms with Crippen LogP contribution < -0.4 is 9.62 Å². The van der Waals surface area contributed by atoms with Gasteiger partial charge >= 0.3 is 0 Å². The van der Waals surface area contributed by atoms with Crippen molar-refractivity contribution in [3.8, 4) is 6.07 Å². The van der Waals surface area contributed by atoms with Crippen LogP contribution in [0.1, 0.15) is 20.8 Å². The van der Waals surface area contributed by atoms with Gasteiger partial charge in [0.15, 0.2) is 5.13 Å². The molecule has 1 unspecified atom stereocenters. The Balaban J connectivity index is 2.34. The van der Waals surface area contributed by atoms with Crippen molar-refractivity contribution in [2.24, 2.45) is 5.92 Å². The molecule has 0 saturated carbocycles. The minimum absolute atomic E-state index is 0.0647. The van der Waals surface area contributed by atoms with E-state index in [4.69, 9.17) is 0 Å². The average Bonchev–Trinajstić information content (AvgIpc) is 3.14. The third-order valence-corrected chi connectivity index (χ3v) is 6.70. The van der Waals surface area contributed by atoms with Crippen molar-refractivity contribution in [2.75, 3.05) is 10.8 Å². The van der Waals surface area contributed by atoms with Gasteiger partial charge in [-0.1, -0.05) is 32.0 Å². The van der Waals surface area contributed by atoms with Crippen molar-refractivity contribution >= 4 is 32.4 Å². The van der Waals surface area contributed by atoms with E-state index in [1.54, 1.807) is 30.5 Å². The van der Waals surface area contributed by atoms with Crippen LogP contribution in [0.2, 0.25) is 0 Å². The Bertz CT molecular complexity index is 890. The zero-order chi connectivity index (χ0) is 19.4. The van der Waals surface area contributed by atoms with E-state index in [1.165, 1.54) is 18.3 Å². The van der Waals surface area contributed by atoms with Crippen molar-refractivity contribution in [2.45, 2.75) is 31.2 Å². The number of hydrogen-bond donors (Lipinski definition) is 1. The zero-order valence-corrected chi connectivity index (χ0v) is 16.3. The van der Waals surface area contributed by atoms with Crippen LogP contribution in [0.15, 0.2) is 46.8 Å². The first-order valence-corrected chi connectivity index (χ1v) is 10.2. The molecule has 2 aromatic rings. The van der Waals surface area contributed by atoms with Crippen molar-refractivity contribution < 1.29 is 13.2 Å². The summed E-state index contributed by atoms with van der Waals surface area (Å²) in [7, 11) is -3.96. The minimum atomic E-state index is -3.96. The Morgan fingerprint density at radius 3 is 2.54 bits per heavy atom. The summed E-state index contributed by atoms with van der Waals surface area (Å²) >= 11 is 1.12. The Morgan fingerprint density at radius 1 is 1.38 bits per heavy atom. The highest BCUT2D eigenvalue weighted by Gasteiger charge is 2.33. The first-order chi connectivity index (χ1) is 12.2. The van der Waals surface area contributed by atoms with Gasteiger partial charge in [0.05, 0.1) is 11.0 Å². The maximum absolute atomic E-state index is 13.0. The lowest BCUT2D eigenvalue weighted by atomic mass is 9.90. The summed E-state index contributed by atoms with van der Waals surface area (Å²) < 4.78 is 26.9. The second-order valence-corrected chi connectivity index (χ2v) is 8.89. The van der Waals surface area contributed by atoms with Crippen LogP contribution in [0.3, 0.4) is 0 Å². The van der Waals surface area contributed by atoms with Crippen molar-refractivity contribution in [3.05, 3.63) is 41.9 Å². The standard InChI is InChI=1S/C17H20N4O3S2/c1-13(2)17(3,12-18)20-15(22)11-21(16-19-9-10-25-16)26(23,24)14-7-5-4-6-8-14/h4-10,13H,11H2,1-3H3,(H,20,22). The number of nitriles is 1. The minimum Gasteiger partial charge on any atom is -0.336 e. The van der Waals surface area contributed by atoms with Crippen molar-refractivity contribution in [1.82, 2.24) is 10.3 Å². The lowest BCUT2D eigenvalue weighted by Gasteiger charge is -2.29. The largest absolute Gasteiger partial charge is 0.336 e. The molecular formula is C17H20N4O3S2. The van der Waals surface area contributed by atoms with Gasteiger partial charge in [-0.15, -0.1) is 11.3 Å². The number of carbonyl (C=O) groups is 1. The lowest BCUT2D eigenvalue weighted by Crippen LogP contribution is -2.52. The van der Waals surface area contributed by atoms with Crippen LogP contribution in [-0.4, -0.2) is 31.4 Å². The van der Waals surface area contributed by atoms with E-state index >= 15 is 0 Å². The molecule has 0 saturated heterocycles. The molecule has 0 radical (unpaired) electrons. The fraction of sp³-hybridized carbons (Fsp3) is 0.353. The second kappa shape index (κ2) is 7.85. The highest BCUT2D eigenvalue weighted by Crippen LogP contribution is 2.25. The molecule has 1 heterocycles. The summed E-state index contributed by atoms with van der Waals surface area (Å²) in [5.41, 5.74) is -1.10. The van der Waals surface area contributed by atoms with Gasteiger partial charge in [-0.25, -0.2) is 17.7 Å². The van der Waals surface area contributed by atoms with Gasteiger partial charge in [0.25, 0.3) is 10.0 Å². The number of rotatable bonds is 7. The van der Waals surface area contributed by atoms with Crippen LogP contribution in [0.4, 0.5) is 5.13 Å². The first-order valence-electron chi connectivity index (χ1n) is 7.90. The number of thiazole rings is 1. The molecule has 9 heteroatoms. The molecule has 0 aliphatic carbocycles. The number of benzene rings is 1. The van der Waals surface area contributed by atoms with Crippen LogP contribution in [0.25, 0.3) is 0 Å². The average molecular weight is 393 g/mol. The Morgan fingerprint density at radius 2 is 2.04 bits per heavy atom. The second-order valence-electron chi connectivity index (χ2n) is 6.16. The van der Waals surface area contributed by atoms with Gasteiger partial charge in [0.1, 0.15) is 12.1 Å². The zero-order valence-electron chi connectivity index (χ0n) is 14.7. The van der Waals surface area contributed by atoms with Crippen LogP contribution >= 0.6 is 11.3 Å². The quantitative estimate of drug-likeness (QED) is 0.779. The third-order valence-electron chi connectivity index (χ3n) is 4.04.